The van der Waals surface area contributed by atoms with Crippen LogP contribution in [0, 0.1) is 17.1 Å². The Kier molecular flexibility index (Phi) is 6.60. The number of aromatic nitrogens is 3. The molecule has 2 aliphatic rings. The quantitative estimate of drug-likeness (QED) is 0.552. The molecule has 1 N–H and O–H groups in total. The number of morpholine rings is 1. The minimum absolute atomic E-state index is 0.00247. The second-order valence-electron chi connectivity index (χ2n) is 9.60. The Morgan fingerprint density at radius 1 is 1.32 bits per heavy atom. The first-order valence-corrected chi connectivity index (χ1v) is 12.3. The van der Waals surface area contributed by atoms with E-state index in [1.165, 1.54) is 18.1 Å². The summed E-state index contributed by atoms with van der Waals surface area (Å²) < 4.78 is 28.5. The molecule has 2 aromatic heterocycles. The highest BCUT2D eigenvalue weighted by atomic mass is 19.1. The number of amides is 1. The molecule has 3 aromatic rings. The minimum Gasteiger partial charge on any atom is -0.494 e. The second kappa shape index (κ2) is 9.86. The average Bonchev–Trinajstić information content (AvgIpc) is 3.44. The molecule has 0 radical (unpaired) electrons. The van der Waals surface area contributed by atoms with E-state index in [0.717, 1.165) is 18.7 Å². The van der Waals surface area contributed by atoms with Crippen molar-refractivity contribution in [2.75, 3.05) is 31.7 Å². The molecule has 10 nitrogen and oxygen atoms in total. The smallest absolute Gasteiger partial charge is 0.407 e. The molecule has 3 atom stereocenters. The largest absolute Gasteiger partial charge is 0.494 e. The van der Waals surface area contributed by atoms with Crippen LogP contribution in [0.5, 0.6) is 5.75 Å². The summed E-state index contributed by atoms with van der Waals surface area (Å²) in [7, 11) is 1.45. The van der Waals surface area contributed by atoms with Crippen LogP contribution in [0.3, 0.4) is 0 Å². The van der Waals surface area contributed by atoms with Gasteiger partial charge in [-0.1, -0.05) is 0 Å². The third-order valence-corrected chi connectivity index (χ3v) is 7.28. The Hall–Kier alpha value is -3.91. The van der Waals surface area contributed by atoms with Crippen molar-refractivity contribution in [3.8, 4) is 23.2 Å². The molecule has 2 saturated heterocycles. The van der Waals surface area contributed by atoms with Crippen LogP contribution in [-0.4, -0.2) is 75.6 Å². The Morgan fingerprint density at radius 3 is 2.70 bits per heavy atom. The van der Waals surface area contributed by atoms with Crippen molar-refractivity contribution >= 4 is 22.9 Å². The number of nitrogens with zero attached hydrogens (tertiary/aromatic N) is 6. The molecular weight excluding hydrogens is 479 g/mol. The SMILES string of the molecule is COc1cc(C#N)c(F)c2nc(-c3ccc(N4[C@@H](C)CC[C@@H]4C)nc3)n(C[C@@H]3CN(C(=O)O)CCO3)c12. The molecule has 11 heteroatoms. The van der Waals surface area contributed by atoms with Crippen LogP contribution in [0.1, 0.15) is 32.3 Å². The standard InChI is InChI=1S/C26H29FN6O4/c1-15-4-5-16(2)33(15)21-7-6-17(12-29-21)25-30-23-22(27)18(11-28)10-20(36-3)24(23)32(25)14-19-13-31(26(34)35)8-9-37-19/h6-7,10,12,15-16,19H,4-5,8-9,13-14H2,1-3H3,(H,34,35)/t15-,16-,19-/m0/s1. The summed E-state index contributed by atoms with van der Waals surface area (Å²) in [5.41, 5.74) is 0.862. The van der Waals surface area contributed by atoms with Crippen molar-refractivity contribution in [1.29, 1.82) is 5.26 Å². The number of fused-ring (bicyclic) bond motifs is 1. The number of benzene rings is 1. The molecule has 2 fully saturated rings. The molecule has 0 bridgehead atoms. The molecule has 0 unspecified atom stereocenters. The maximum Gasteiger partial charge on any atom is 0.407 e. The van der Waals surface area contributed by atoms with Crippen LogP contribution in [-0.2, 0) is 11.3 Å². The lowest BCUT2D eigenvalue weighted by Gasteiger charge is -2.31. The van der Waals surface area contributed by atoms with E-state index >= 15 is 4.39 Å². The van der Waals surface area contributed by atoms with E-state index < -0.39 is 18.0 Å². The third-order valence-electron chi connectivity index (χ3n) is 7.28. The van der Waals surface area contributed by atoms with Gasteiger partial charge in [-0.3, -0.25) is 0 Å². The second-order valence-corrected chi connectivity index (χ2v) is 9.60. The van der Waals surface area contributed by atoms with Crippen molar-refractivity contribution in [2.45, 2.75) is 51.4 Å². The van der Waals surface area contributed by atoms with Gasteiger partial charge >= 0.3 is 6.09 Å². The van der Waals surface area contributed by atoms with Crippen LogP contribution in [0.25, 0.3) is 22.4 Å². The van der Waals surface area contributed by atoms with Crippen LogP contribution >= 0.6 is 0 Å². The summed E-state index contributed by atoms with van der Waals surface area (Å²) in [6, 6.07) is 7.83. The fourth-order valence-corrected chi connectivity index (χ4v) is 5.41. The zero-order valence-corrected chi connectivity index (χ0v) is 21.0. The fraction of sp³-hybridized carbons (Fsp3) is 0.462. The van der Waals surface area contributed by atoms with Gasteiger partial charge in [0.25, 0.3) is 0 Å². The van der Waals surface area contributed by atoms with Crippen LogP contribution in [0.2, 0.25) is 0 Å². The highest BCUT2D eigenvalue weighted by Gasteiger charge is 2.30. The van der Waals surface area contributed by atoms with Gasteiger partial charge < -0.3 is 28.9 Å². The van der Waals surface area contributed by atoms with Crippen LogP contribution in [0.15, 0.2) is 24.4 Å². The van der Waals surface area contributed by atoms with Gasteiger partial charge in [-0.2, -0.15) is 5.26 Å². The lowest BCUT2D eigenvalue weighted by Crippen LogP contribution is -2.46. The number of hydrogen-bond donors (Lipinski definition) is 1. The summed E-state index contributed by atoms with van der Waals surface area (Å²) in [6.07, 6.45) is 2.43. The minimum atomic E-state index is -1.02. The lowest BCUT2D eigenvalue weighted by molar-refractivity contribution is -0.0286. The van der Waals surface area contributed by atoms with Gasteiger partial charge in [0.15, 0.2) is 5.82 Å². The van der Waals surface area contributed by atoms with E-state index in [1.807, 2.05) is 18.2 Å². The Labute approximate surface area is 213 Å². The van der Waals surface area contributed by atoms with Gasteiger partial charge in [-0.25, -0.2) is 19.2 Å². The van der Waals surface area contributed by atoms with E-state index in [4.69, 9.17) is 14.5 Å². The molecule has 37 heavy (non-hydrogen) atoms. The summed E-state index contributed by atoms with van der Waals surface area (Å²) >= 11 is 0. The molecule has 2 aliphatic heterocycles. The number of pyridine rings is 1. The van der Waals surface area contributed by atoms with Gasteiger partial charge in [0, 0.05) is 36.5 Å². The predicted octanol–water partition coefficient (Wildman–Crippen LogP) is 3.87. The van der Waals surface area contributed by atoms with Gasteiger partial charge in [0.05, 0.1) is 38.5 Å². The predicted molar refractivity (Wildman–Crippen MR) is 134 cm³/mol. The monoisotopic (exact) mass is 508 g/mol. The van der Waals surface area contributed by atoms with Gasteiger partial charge in [-0.15, -0.1) is 0 Å². The third kappa shape index (κ3) is 4.42. The first-order chi connectivity index (χ1) is 17.8. The number of halogens is 1. The van der Waals surface area contributed by atoms with Gasteiger partial charge in [0.2, 0.25) is 0 Å². The Morgan fingerprint density at radius 2 is 2.08 bits per heavy atom. The summed E-state index contributed by atoms with van der Waals surface area (Å²) in [5, 5.41) is 18.9. The van der Waals surface area contributed by atoms with Crippen molar-refractivity contribution in [2.24, 2.45) is 0 Å². The number of carboxylic acid groups (broad SMARTS) is 1. The maximum absolute atomic E-state index is 15.3. The molecular formula is C26H29FN6O4. The topological polar surface area (TPSA) is 117 Å². The van der Waals surface area contributed by atoms with E-state index in [1.54, 1.807) is 10.8 Å². The number of rotatable bonds is 5. The number of nitriles is 1. The number of methoxy groups -OCH3 is 1. The van der Waals surface area contributed by atoms with Crippen molar-refractivity contribution in [3.05, 3.63) is 35.8 Å². The number of anilines is 1. The van der Waals surface area contributed by atoms with Gasteiger partial charge in [0.1, 0.15) is 34.5 Å². The molecule has 0 spiro atoms. The van der Waals surface area contributed by atoms with Crippen molar-refractivity contribution in [3.63, 3.8) is 0 Å². The highest BCUT2D eigenvalue weighted by molar-refractivity contribution is 5.88. The summed E-state index contributed by atoms with van der Waals surface area (Å²) in [6.45, 7) is 5.28. The highest BCUT2D eigenvalue weighted by Crippen LogP contribution is 2.36. The molecule has 194 valence electrons. The lowest BCUT2D eigenvalue weighted by atomic mass is 10.1. The number of hydrogen-bond acceptors (Lipinski definition) is 7. The summed E-state index contributed by atoms with van der Waals surface area (Å²) in [5.74, 6) is 0.855. The zero-order valence-electron chi connectivity index (χ0n) is 21.0. The van der Waals surface area contributed by atoms with Crippen LogP contribution < -0.4 is 9.64 Å². The first-order valence-electron chi connectivity index (χ1n) is 12.3. The van der Waals surface area contributed by atoms with E-state index in [2.05, 4.69) is 23.7 Å². The Balaban J connectivity index is 1.61. The number of imidazole rings is 1. The fourth-order valence-electron chi connectivity index (χ4n) is 5.41. The van der Waals surface area contributed by atoms with Gasteiger partial charge in [-0.05, 0) is 38.8 Å². The van der Waals surface area contributed by atoms with Crippen molar-refractivity contribution in [1.82, 2.24) is 19.4 Å². The normalized spacial score (nSPS) is 21.9. The molecule has 1 amide bonds. The Bertz CT molecular complexity index is 1360. The maximum atomic E-state index is 15.3. The summed E-state index contributed by atoms with van der Waals surface area (Å²) in [4.78, 5) is 24.4. The van der Waals surface area contributed by atoms with E-state index in [9.17, 15) is 15.2 Å². The van der Waals surface area contributed by atoms with Crippen LogP contribution in [0.4, 0.5) is 15.0 Å². The molecule has 0 aliphatic carbocycles. The molecule has 1 aromatic carbocycles. The average molecular weight is 509 g/mol. The van der Waals surface area contributed by atoms with E-state index in [-0.39, 0.29) is 37.3 Å². The molecule has 4 heterocycles. The number of carbonyl (C=O) groups is 1. The van der Waals surface area contributed by atoms with Crippen molar-refractivity contribution < 1.29 is 23.8 Å². The molecule has 0 saturated carbocycles. The van der Waals surface area contributed by atoms with E-state index in [0.29, 0.717) is 34.7 Å². The molecule has 5 rings (SSSR count). The first kappa shape index (κ1) is 24.8. The zero-order chi connectivity index (χ0) is 26.3. The number of ether oxygens (including phenoxy) is 2.